The molecule has 1 fully saturated rings. The van der Waals surface area contributed by atoms with E-state index in [-0.39, 0.29) is 11.9 Å². The lowest BCUT2D eigenvalue weighted by Crippen LogP contribution is -2.46. The zero-order chi connectivity index (χ0) is 14.8. The first-order valence-corrected chi connectivity index (χ1v) is 7.92. The monoisotopic (exact) mass is 288 g/mol. The molecular formula is C17H24N2O2. The molecule has 0 unspecified atom stereocenters. The van der Waals surface area contributed by atoms with Crippen LogP contribution in [-0.2, 0) is 11.2 Å². The summed E-state index contributed by atoms with van der Waals surface area (Å²) in [6, 6.07) is 9.05. The van der Waals surface area contributed by atoms with Gasteiger partial charge in [-0.25, -0.2) is 0 Å². The topological polar surface area (TPSA) is 61.4 Å². The summed E-state index contributed by atoms with van der Waals surface area (Å²) in [6.07, 6.45) is 4.67. The Morgan fingerprint density at radius 1 is 1.14 bits per heavy atom. The van der Waals surface area contributed by atoms with E-state index in [0.29, 0.717) is 12.1 Å². The Labute approximate surface area is 125 Å². The Morgan fingerprint density at radius 2 is 1.81 bits per heavy atom. The van der Waals surface area contributed by atoms with Gasteiger partial charge in [0.2, 0.25) is 5.91 Å². The summed E-state index contributed by atoms with van der Waals surface area (Å²) in [5.74, 6) is 0.0630. The SMILES string of the molecule is CC(=O)NC1CCC(N[C@@H]2Cc3ccccc3[C@@H]2O)CC1. The zero-order valence-electron chi connectivity index (χ0n) is 12.5. The minimum absolute atomic E-state index is 0.0630. The van der Waals surface area contributed by atoms with Gasteiger partial charge in [-0.3, -0.25) is 4.79 Å². The molecule has 0 saturated heterocycles. The smallest absolute Gasteiger partial charge is 0.217 e. The predicted molar refractivity (Wildman–Crippen MR) is 81.9 cm³/mol. The second-order valence-electron chi connectivity index (χ2n) is 6.37. The fourth-order valence-electron chi connectivity index (χ4n) is 3.72. The molecular weight excluding hydrogens is 264 g/mol. The van der Waals surface area contributed by atoms with Crippen molar-refractivity contribution in [2.24, 2.45) is 0 Å². The summed E-state index contributed by atoms with van der Waals surface area (Å²) >= 11 is 0. The number of aliphatic hydroxyl groups excluding tert-OH is 1. The maximum absolute atomic E-state index is 11.1. The van der Waals surface area contributed by atoms with Gasteiger partial charge in [0.25, 0.3) is 0 Å². The lowest BCUT2D eigenvalue weighted by molar-refractivity contribution is -0.119. The van der Waals surface area contributed by atoms with Crippen LogP contribution < -0.4 is 10.6 Å². The molecule has 21 heavy (non-hydrogen) atoms. The number of hydrogen-bond donors (Lipinski definition) is 3. The predicted octanol–water partition coefficient (Wildman–Crippen LogP) is 1.68. The average Bonchev–Trinajstić information content (AvgIpc) is 2.78. The summed E-state index contributed by atoms with van der Waals surface area (Å²) in [7, 11) is 0. The van der Waals surface area contributed by atoms with Crippen molar-refractivity contribution in [3.8, 4) is 0 Å². The molecule has 4 nitrogen and oxygen atoms in total. The van der Waals surface area contributed by atoms with Gasteiger partial charge in [-0.15, -0.1) is 0 Å². The second-order valence-corrected chi connectivity index (χ2v) is 6.37. The van der Waals surface area contributed by atoms with Crippen molar-refractivity contribution in [3.05, 3.63) is 35.4 Å². The molecule has 0 aliphatic heterocycles. The number of rotatable bonds is 3. The molecule has 0 bridgehead atoms. The number of fused-ring (bicyclic) bond motifs is 1. The van der Waals surface area contributed by atoms with E-state index in [2.05, 4.69) is 16.7 Å². The van der Waals surface area contributed by atoms with E-state index >= 15 is 0 Å². The molecule has 0 aromatic heterocycles. The van der Waals surface area contributed by atoms with Crippen LogP contribution in [0.2, 0.25) is 0 Å². The molecule has 2 aliphatic rings. The van der Waals surface area contributed by atoms with Gasteiger partial charge in [-0.2, -0.15) is 0 Å². The van der Waals surface area contributed by atoms with Crippen LogP contribution in [0, 0.1) is 0 Å². The van der Waals surface area contributed by atoms with Gasteiger partial charge in [-0.05, 0) is 43.2 Å². The van der Waals surface area contributed by atoms with E-state index in [4.69, 9.17) is 0 Å². The first-order chi connectivity index (χ1) is 10.1. The van der Waals surface area contributed by atoms with E-state index in [1.54, 1.807) is 6.92 Å². The molecule has 2 aliphatic carbocycles. The molecule has 114 valence electrons. The van der Waals surface area contributed by atoms with Crippen LogP contribution >= 0.6 is 0 Å². The van der Waals surface area contributed by atoms with Crippen LogP contribution in [-0.4, -0.2) is 29.1 Å². The lowest BCUT2D eigenvalue weighted by Gasteiger charge is -2.32. The van der Waals surface area contributed by atoms with Gasteiger partial charge in [-0.1, -0.05) is 24.3 Å². The summed E-state index contributed by atoms with van der Waals surface area (Å²) in [4.78, 5) is 11.1. The summed E-state index contributed by atoms with van der Waals surface area (Å²) in [5.41, 5.74) is 2.33. The fourth-order valence-corrected chi connectivity index (χ4v) is 3.72. The molecule has 0 heterocycles. The molecule has 1 saturated carbocycles. The Kier molecular flexibility index (Phi) is 4.27. The van der Waals surface area contributed by atoms with Crippen molar-refractivity contribution in [3.63, 3.8) is 0 Å². The maximum Gasteiger partial charge on any atom is 0.217 e. The molecule has 1 aromatic rings. The lowest BCUT2D eigenvalue weighted by atomic mass is 9.90. The zero-order valence-corrected chi connectivity index (χ0v) is 12.5. The van der Waals surface area contributed by atoms with E-state index in [1.165, 1.54) is 5.56 Å². The van der Waals surface area contributed by atoms with Crippen molar-refractivity contribution >= 4 is 5.91 Å². The highest BCUT2D eigenvalue weighted by Crippen LogP contribution is 2.32. The largest absolute Gasteiger partial charge is 0.387 e. The third kappa shape index (κ3) is 3.27. The Bertz CT molecular complexity index is 509. The highest BCUT2D eigenvalue weighted by atomic mass is 16.3. The first-order valence-electron chi connectivity index (χ1n) is 7.92. The standard InChI is InChI=1S/C17H24N2O2/c1-11(20)18-13-6-8-14(9-7-13)19-16-10-12-4-2-3-5-15(12)17(16)21/h2-5,13-14,16-17,19,21H,6-10H2,1H3,(H,18,20)/t13?,14?,16-,17+/m1/s1. The van der Waals surface area contributed by atoms with Gasteiger partial charge in [0.15, 0.2) is 0 Å². The fraction of sp³-hybridized carbons (Fsp3) is 0.588. The number of carbonyl (C=O) groups excluding carboxylic acids is 1. The maximum atomic E-state index is 11.1. The van der Waals surface area contributed by atoms with Gasteiger partial charge in [0.05, 0.1) is 6.10 Å². The van der Waals surface area contributed by atoms with Crippen molar-refractivity contribution in [1.82, 2.24) is 10.6 Å². The summed E-state index contributed by atoms with van der Waals surface area (Å²) in [5, 5.41) is 17.1. The van der Waals surface area contributed by atoms with Gasteiger partial charge < -0.3 is 15.7 Å². The number of nitrogens with one attached hydrogen (secondary N) is 2. The molecule has 0 radical (unpaired) electrons. The van der Waals surface area contributed by atoms with Crippen LogP contribution in [0.5, 0.6) is 0 Å². The van der Waals surface area contributed by atoms with Gasteiger partial charge >= 0.3 is 0 Å². The number of hydrogen-bond acceptors (Lipinski definition) is 3. The minimum Gasteiger partial charge on any atom is -0.387 e. The van der Waals surface area contributed by atoms with Crippen LogP contribution in [0.15, 0.2) is 24.3 Å². The number of amides is 1. The summed E-state index contributed by atoms with van der Waals surface area (Å²) in [6.45, 7) is 1.58. The molecule has 4 heteroatoms. The molecule has 2 atom stereocenters. The van der Waals surface area contributed by atoms with E-state index < -0.39 is 6.10 Å². The van der Waals surface area contributed by atoms with Crippen molar-refractivity contribution in [2.45, 2.75) is 63.3 Å². The minimum atomic E-state index is -0.394. The molecule has 3 rings (SSSR count). The quantitative estimate of drug-likeness (QED) is 0.793. The molecule has 1 amide bonds. The highest BCUT2D eigenvalue weighted by Gasteiger charge is 2.33. The van der Waals surface area contributed by atoms with Crippen LogP contribution in [0.4, 0.5) is 0 Å². The second kappa shape index (κ2) is 6.16. The number of carbonyl (C=O) groups is 1. The van der Waals surface area contributed by atoms with Crippen molar-refractivity contribution in [1.29, 1.82) is 0 Å². The van der Waals surface area contributed by atoms with E-state index in [9.17, 15) is 9.90 Å². The van der Waals surface area contributed by atoms with Gasteiger partial charge in [0.1, 0.15) is 0 Å². The highest BCUT2D eigenvalue weighted by molar-refractivity contribution is 5.73. The van der Waals surface area contributed by atoms with E-state index in [1.807, 2.05) is 18.2 Å². The van der Waals surface area contributed by atoms with Crippen LogP contribution in [0.3, 0.4) is 0 Å². The molecule has 1 aromatic carbocycles. The van der Waals surface area contributed by atoms with Gasteiger partial charge in [0, 0.05) is 25.0 Å². The first kappa shape index (κ1) is 14.5. The van der Waals surface area contributed by atoms with Crippen LogP contribution in [0.1, 0.15) is 49.8 Å². The Balaban J connectivity index is 1.52. The number of benzene rings is 1. The van der Waals surface area contributed by atoms with Crippen molar-refractivity contribution < 1.29 is 9.90 Å². The Hall–Kier alpha value is -1.39. The van der Waals surface area contributed by atoms with Crippen LogP contribution in [0.25, 0.3) is 0 Å². The third-order valence-corrected chi connectivity index (χ3v) is 4.78. The summed E-state index contributed by atoms with van der Waals surface area (Å²) < 4.78 is 0. The normalized spacial score (nSPS) is 31.7. The van der Waals surface area contributed by atoms with E-state index in [0.717, 1.165) is 37.7 Å². The Morgan fingerprint density at radius 3 is 2.48 bits per heavy atom. The number of aliphatic hydroxyl groups is 1. The third-order valence-electron chi connectivity index (χ3n) is 4.78. The molecule has 3 N–H and O–H groups in total. The van der Waals surface area contributed by atoms with Crippen molar-refractivity contribution in [2.75, 3.05) is 0 Å². The molecule has 0 spiro atoms. The average molecular weight is 288 g/mol.